The van der Waals surface area contributed by atoms with Gasteiger partial charge in [0, 0.05) is 46.4 Å². The molecule has 1 saturated carbocycles. The number of H-pyrrole nitrogens is 1. The van der Waals surface area contributed by atoms with Gasteiger partial charge in [-0.25, -0.2) is 4.98 Å². The van der Waals surface area contributed by atoms with E-state index in [1.807, 2.05) is 12.1 Å². The number of halogens is 1. The van der Waals surface area contributed by atoms with Gasteiger partial charge < -0.3 is 22.4 Å². The summed E-state index contributed by atoms with van der Waals surface area (Å²) in [5, 5.41) is 4.90. The van der Waals surface area contributed by atoms with E-state index in [0.717, 1.165) is 53.8 Å². The Morgan fingerprint density at radius 1 is 1.36 bits per heavy atom. The van der Waals surface area contributed by atoms with E-state index in [0.29, 0.717) is 28.6 Å². The van der Waals surface area contributed by atoms with Crippen LogP contribution in [-0.4, -0.2) is 51.7 Å². The van der Waals surface area contributed by atoms with E-state index < -0.39 is 11.6 Å². The monoisotopic (exact) mass is 479 g/mol. The van der Waals surface area contributed by atoms with Gasteiger partial charge in [0.15, 0.2) is 5.01 Å². The van der Waals surface area contributed by atoms with Crippen LogP contribution in [0.4, 0.5) is 0 Å². The molecule has 2 aliphatic rings. The van der Waals surface area contributed by atoms with E-state index in [1.54, 1.807) is 12.1 Å². The van der Waals surface area contributed by atoms with Crippen molar-refractivity contribution >= 4 is 45.5 Å². The van der Waals surface area contributed by atoms with Gasteiger partial charge >= 0.3 is 18.9 Å². The topological polar surface area (TPSA) is 104 Å². The fourth-order valence-corrected chi connectivity index (χ4v) is 6.10. The molecule has 170 valence electrons. The molecule has 1 fully saturated rings. The van der Waals surface area contributed by atoms with E-state index in [4.69, 9.17) is 17.3 Å². The van der Waals surface area contributed by atoms with Gasteiger partial charge in [0.05, 0.1) is 11.4 Å². The van der Waals surface area contributed by atoms with Crippen LogP contribution in [0.15, 0.2) is 24.3 Å². The predicted molar refractivity (Wildman–Crippen MR) is 128 cm³/mol. The van der Waals surface area contributed by atoms with Crippen molar-refractivity contribution in [3.63, 3.8) is 0 Å². The minimum atomic E-state index is -1.16. The third-order valence-electron chi connectivity index (χ3n) is 6.65. The molecule has 2 aromatic heterocycles. The molecule has 1 amide bonds. The molecular formula is C23H27ClLiN5O2S. The van der Waals surface area contributed by atoms with Crippen LogP contribution in [-0.2, 0) is 13.0 Å². The van der Waals surface area contributed by atoms with Crippen molar-refractivity contribution in [3.8, 4) is 0 Å². The van der Waals surface area contributed by atoms with Crippen LogP contribution in [0.2, 0.25) is 5.02 Å². The number of likely N-dealkylation sites (N-methyl/N-ethyl adjacent to an activating group) is 1. The number of benzene rings is 1. The zero-order chi connectivity index (χ0) is 22.5. The maximum absolute atomic E-state index is 13.8. The van der Waals surface area contributed by atoms with E-state index >= 15 is 0 Å². The molecular weight excluding hydrogens is 453 g/mol. The molecule has 0 saturated heterocycles. The summed E-state index contributed by atoms with van der Waals surface area (Å²) < 4.78 is 0. The average molecular weight is 480 g/mol. The summed E-state index contributed by atoms with van der Waals surface area (Å²) in [4.78, 5) is 38.2. The standard InChI is InChI=1S/C23H26ClN5O2S.Li.H/c1-29-9-7-16-18(12-29)32-22(27-16)21(31)28-23(8-3-2-4-19(23)25)20(30)17-11-13-10-14(24)5-6-15(13)26-17;;/h5-6,10-11,19,26H,2-4,7-9,12,25H2,1H3,(H,28,31);;/q;+1;-1. The number of fused-ring (bicyclic) bond motifs is 2. The number of carbonyl (C=O) groups is 2. The molecule has 0 radical (unpaired) electrons. The summed E-state index contributed by atoms with van der Waals surface area (Å²) in [6, 6.07) is 6.75. The molecule has 1 aromatic carbocycles. The first kappa shape index (κ1) is 24.5. The van der Waals surface area contributed by atoms with Gasteiger partial charge in [-0.1, -0.05) is 24.4 Å². The molecule has 2 unspecified atom stereocenters. The molecule has 7 nitrogen and oxygen atoms in total. The summed E-state index contributed by atoms with van der Waals surface area (Å²) in [6.07, 6.45) is 3.77. The summed E-state index contributed by atoms with van der Waals surface area (Å²) >= 11 is 7.52. The molecule has 5 rings (SSSR count). The van der Waals surface area contributed by atoms with Crippen LogP contribution in [0, 0.1) is 0 Å². The van der Waals surface area contributed by atoms with Crippen LogP contribution < -0.4 is 29.9 Å². The van der Waals surface area contributed by atoms with E-state index in [2.05, 4.69) is 27.2 Å². The smallest absolute Gasteiger partial charge is 1.00 e. The number of amides is 1. The maximum atomic E-state index is 13.8. The van der Waals surface area contributed by atoms with Crippen LogP contribution >= 0.6 is 22.9 Å². The molecule has 33 heavy (non-hydrogen) atoms. The van der Waals surface area contributed by atoms with Crippen molar-refractivity contribution in [1.82, 2.24) is 20.2 Å². The van der Waals surface area contributed by atoms with Crippen molar-refractivity contribution in [1.29, 1.82) is 0 Å². The van der Waals surface area contributed by atoms with Gasteiger partial charge in [-0.05, 0) is 44.2 Å². The zero-order valence-corrected chi connectivity index (χ0v) is 20.5. The molecule has 0 spiro atoms. The number of nitrogens with one attached hydrogen (secondary N) is 2. The number of hydrogen-bond donors (Lipinski definition) is 3. The second-order valence-electron chi connectivity index (χ2n) is 8.90. The molecule has 4 N–H and O–H groups in total. The quantitative estimate of drug-likeness (QED) is 0.376. The van der Waals surface area contributed by atoms with Crippen molar-refractivity contribution in [2.45, 2.75) is 50.2 Å². The number of Topliss-reactive ketones (excluding diaryl/α,β-unsaturated/α-hetero) is 1. The molecule has 2 atom stereocenters. The molecule has 1 aliphatic carbocycles. The number of ketones is 1. The maximum Gasteiger partial charge on any atom is 1.00 e. The van der Waals surface area contributed by atoms with E-state index in [1.165, 1.54) is 11.3 Å². The minimum Gasteiger partial charge on any atom is -1.00 e. The Bertz CT molecular complexity index is 1220. The SMILES string of the molecule is CN1CCc2nc(C(=O)NC3(C(=O)c4cc5cc(Cl)ccc5[nH]4)CCCCC3N)sc2C1.[H-].[Li+]. The Morgan fingerprint density at radius 3 is 2.97 bits per heavy atom. The van der Waals surface area contributed by atoms with Crippen LogP contribution in [0.1, 0.15) is 58.0 Å². The Hall–Kier alpha value is -1.66. The van der Waals surface area contributed by atoms with Crippen LogP contribution in [0.3, 0.4) is 0 Å². The first-order valence-corrected chi connectivity index (χ1v) is 12.1. The van der Waals surface area contributed by atoms with Gasteiger partial charge in [0.25, 0.3) is 5.91 Å². The number of nitrogens with two attached hydrogens (primary N) is 1. The zero-order valence-electron chi connectivity index (χ0n) is 19.9. The van der Waals surface area contributed by atoms with Gasteiger partial charge in [-0.3, -0.25) is 9.59 Å². The molecule has 10 heteroatoms. The number of hydrogen-bond acceptors (Lipinski definition) is 6. The predicted octanol–water partition coefficient (Wildman–Crippen LogP) is 0.635. The second kappa shape index (κ2) is 9.53. The van der Waals surface area contributed by atoms with Crippen LogP contribution in [0.25, 0.3) is 10.9 Å². The minimum absolute atomic E-state index is 0. The number of aromatic nitrogens is 2. The fourth-order valence-electron chi connectivity index (χ4n) is 4.84. The van der Waals surface area contributed by atoms with Gasteiger partial charge in [-0.15, -0.1) is 11.3 Å². The van der Waals surface area contributed by atoms with Crippen molar-refractivity contribution in [3.05, 3.63) is 50.6 Å². The Kier molecular flexibility index (Phi) is 7.07. The number of carbonyl (C=O) groups excluding carboxylic acids is 2. The Balaban J connectivity index is 0.00000162. The fraction of sp³-hybridized carbons (Fsp3) is 0.435. The van der Waals surface area contributed by atoms with Crippen molar-refractivity contribution in [2.75, 3.05) is 13.6 Å². The molecule has 3 aromatic rings. The number of thiazole rings is 1. The van der Waals surface area contributed by atoms with Gasteiger partial charge in [-0.2, -0.15) is 0 Å². The molecule has 1 aliphatic heterocycles. The normalized spacial score (nSPS) is 23.1. The Morgan fingerprint density at radius 2 is 2.18 bits per heavy atom. The molecule has 0 bridgehead atoms. The first-order valence-electron chi connectivity index (χ1n) is 10.9. The van der Waals surface area contributed by atoms with Gasteiger partial charge in [0.1, 0.15) is 5.54 Å². The third kappa shape index (κ3) is 4.53. The largest absolute Gasteiger partial charge is 1.00 e. The van der Waals surface area contributed by atoms with Gasteiger partial charge in [0.2, 0.25) is 5.78 Å². The summed E-state index contributed by atoms with van der Waals surface area (Å²) in [5.41, 5.74) is 7.59. The number of nitrogens with zero attached hydrogens (tertiary/aromatic N) is 2. The Labute approximate surface area is 215 Å². The average Bonchev–Trinajstić information content (AvgIpc) is 3.38. The summed E-state index contributed by atoms with van der Waals surface area (Å²) in [6.45, 7) is 1.72. The first-order chi connectivity index (χ1) is 15.4. The summed E-state index contributed by atoms with van der Waals surface area (Å²) in [7, 11) is 2.06. The summed E-state index contributed by atoms with van der Waals surface area (Å²) in [5.74, 6) is -0.511. The van der Waals surface area contributed by atoms with E-state index in [-0.39, 0.29) is 32.0 Å². The second-order valence-corrected chi connectivity index (χ2v) is 10.4. The van der Waals surface area contributed by atoms with Crippen molar-refractivity contribution in [2.24, 2.45) is 5.73 Å². The molecule has 3 heterocycles. The third-order valence-corrected chi connectivity index (χ3v) is 7.97. The van der Waals surface area contributed by atoms with Crippen LogP contribution in [0.5, 0.6) is 0 Å². The van der Waals surface area contributed by atoms with Crippen molar-refractivity contribution < 1.29 is 29.9 Å². The number of aromatic amines is 1. The number of rotatable bonds is 4. The van der Waals surface area contributed by atoms with E-state index in [9.17, 15) is 9.59 Å².